The fourth-order valence-electron chi connectivity index (χ4n) is 4.60. The van der Waals surface area contributed by atoms with Crippen LogP contribution in [0.4, 0.5) is 18.0 Å². The Balaban J connectivity index is 2.41. The summed E-state index contributed by atoms with van der Waals surface area (Å²) in [5.41, 5.74) is 6.31. The minimum atomic E-state index is -5.13. The summed E-state index contributed by atoms with van der Waals surface area (Å²) in [6.07, 6.45) is -9.49. The molecule has 5 amide bonds. The smallest absolute Gasteiger partial charge is 0.382 e. The van der Waals surface area contributed by atoms with Crippen molar-refractivity contribution in [2.75, 3.05) is 5.75 Å². The number of nitrogens with two attached hydrogens (primary N) is 1. The second kappa shape index (κ2) is 18.9. The molecule has 0 saturated carbocycles. The van der Waals surface area contributed by atoms with Crippen molar-refractivity contribution in [1.82, 2.24) is 21.3 Å². The molecule has 258 valence electrons. The van der Waals surface area contributed by atoms with Crippen LogP contribution in [0, 0.1) is 5.92 Å². The molecule has 0 aliphatic heterocycles. The fourth-order valence-corrected chi connectivity index (χ4v) is 5.08. The van der Waals surface area contributed by atoms with Gasteiger partial charge in [-0.05, 0) is 29.2 Å². The second-order valence-corrected chi connectivity index (χ2v) is 12.4. The highest BCUT2D eigenvalue weighted by atomic mass is 32.2. The number of hydrogen-bond donors (Lipinski definition) is 6. The summed E-state index contributed by atoms with van der Waals surface area (Å²) >= 11 is 0.980. The number of nitrogens with one attached hydrogen (secondary N) is 4. The van der Waals surface area contributed by atoms with Crippen molar-refractivity contribution >= 4 is 40.6 Å². The van der Waals surface area contributed by atoms with Crippen molar-refractivity contribution in [3.8, 4) is 0 Å². The van der Waals surface area contributed by atoms with Crippen LogP contribution in [-0.4, -0.2) is 76.2 Å². The number of carbonyl (C=O) groups excluding carboxylic acids is 5. The van der Waals surface area contributed by atoms with Crippen LogP contribution in [0.25, 0.3) is 0 Å². The molecule has 11 nitrogen and oxygen atoms in total. The number of alkyl halides is 3. The fraction of sp³-hybridized carbons (Fsp3) is 0.469. The lowest BCUT2D eigenvalue weighted by atomic mass is 9.99. The summed E-state index contributed by atoms with van der Waals surface area (Å²) in [6, 6.07) is 11.4. The van der Waals surface area contributed by atoms with E-state index in [2.05, 4.69) is 21.3 Å². The van der Waals surface area contributed by atoms with Crippen molar-refractivity contribution < 1.29 is 42.3 Å². The summed E-state index contributed by atoms with van der Waals surface area (Å²) in [4.78, 5) is 64.3. The highest BCUT2D eigenvalue weighted by Gasteiger charge is 2.44. The Morgan fingerprint density at radius 1 is 0.787 bits per heavy atom. The maximum Gasteiger partial charge on any atom is 0.416 e. The molecule has 0 aromatic heterocycles. The van der Waals surface area contributed by atoms with E-state index in [-0.39, 0.29) is 18.8 Å². The maximum atomic E-state index is 13.8. The van der Waals surface area contributed by atoms with Crippen LogP contribution in [0.5, 0.6) is 0 Å². The second-order valence-electron chi connectivity index (χ2n) is 11.2. The molecule has 0 fully saturated rings. The highest BCUT2D eigenvalue weighted by molar-refractivity contribution is 8.13. The number of carbonyl (C=O) groups is 5. The molecule has 0 bridgehead atoms. The molecule has 2 aromatic rings. The number of hydrogen-bond acceptors (Lipinski definition) is 7. The Hall–Kier alpha value is -4.11. The summed E-state index contributed by atoms with van der Waals surface area (Å²) in [5, 5.41) is 19.5. The van der Waals surface area contributed by atoms with Gasteiger partial charge in [-0.25, -0.2) is 0 Å². The maximum absolute atomic E-state index is 13.8. The summed E-state index contributed by atoms with van der Waals surface area (Å²) in [5.74, 6) is -3.34. The van der Waals surface area contributed by atoms with E-state index in [0.717, 1.165) is 11.8 Å². The highest BCUT2D eigenvalue weighted by Crippen LogP contribution is 2.24. The zero-order valence-corrected chi connectivity index (χ0v) is 27.2. The molecular weight excluding hydrogens is 639 g/mol. The van der Waals surface area contributed by atoms with Gasteiger partial charge in [0.2, 0.25) is 23.6 Å². The van der Waals surface area contributed by atoms with Gasteiger partial charge in [0, 0.05) is 19.3 Å². The summed E-state index contributed by atoms with van der Waals surface area (Å²) in [6.45, 7) is 5.22. The Kier molecular flexibility index (Phi) is 15.7. The predicted octanol–water partition coefficient (Wildman–Crippen LogP) is 2.60. The normalized spacial score (nSPS) is 14.6. The molecule has 2 rings (SSSR count). The molecule has 0 heterocycles. The Labute approximate surface area is 276 Å². The monoisotopic (exact) mass is 681 g/mol. The SMILES string of the molecule is CCSC(=O)N[C@H](C(=O)N[C@@H](Cc1ccccc1)C(=O)N[C@@H](Cc1ccccc1)C(=O)NC(CCC(N)=O)C(O)C(F)(F)F)C(C)C. The summed E-state index contributed by atoms with van der Waals surface area (Å²) < 4.78 is 40.4. The third kappa shape index (κ3) is 13.6. The molecule has 0 aliphatic rings. The third-order valence-electron chi connectivity index (χ3n) is 7.08. The molecule has 0 spiro atoms. The van der Waals surface area contributed by atoms with E-state index in [0.29, 0.717) is 16.9 Å². The third-order valence-corrected chi connectivity index (χ3v) is 7.74. The van der Waals surface area contributed by atoms with E-state index in [1.165, 1.54) is 0 Å². The van der Waals surface area contributed by atoms with Crippen molar-refractivity contribution in [1.29, 1.82) is 0 Å². The minimum absolute atomic E-state index is 0.0193. The lowest BCUT2D eigenvalue weighted by Crippen LogP contribution is -2.60. The number of thioether (sulfide) groups is 1. The molecule has 0 aliphatic carbocycles. The first-order valence-corrected chi connectivity index (χ1v) is 16.1. The molecular formula is C32H42F3N5O6S. The zero-order chi connectivity index (χ0) is 35.1. The molecule has 0 saturated heterocycles. The van der Waals surface area contributed by atoms with Crippen molar-refractivity contribution in [2.45, 2.75) is 82.9 Å². The van der Waals surface area contributed by atoms with E-state index in [4.69, 9.17) is 5.73 Å². The van der Waals surface area contributed by atoms with Gasteiger partial charge >= 0.3 is 6.18 Å². The molecule has 0 radical (unpaired) electrons. The Bertz CT molecular complexity index is 1330. The first-order valence-electron chi connectivity index (χ1n) is 15.1. The minimum Gasteiger partial charge on any atom is -0.382 e. The van der Waals surface area contributed by atoms with E-state index in [9.17, 15) is 42.3 Å². The number of rotatable bonds is 17. The van der Waals surface area contributed by atoms with Gasteiger partial charge in [-0.15, -0.1) is 0 Å². The Morgan fingerprint density at radius 2 is 1.26 bits per heavy atom. The van der Waals surface area contributed by atoms with Crippen LogP contribution < -0.4 is 27.0 Å². The van der Waals surface area contributed by atoms with Gasteiger partial charge in [-0.1, -0.05) is 93.2 Å². The standard InChI is InChI=1S/C32H42F3N5O6S/c1-4-47-31(46)40-26(19(2)3)30(45)39-24(18-21-13-9-6-10-14-21)29(44)38-23(17-20-11-7-5-8-12-20)28(43)37-22(15-16-25(36)41)27(42)32(33,34)35/h5-14,19,22-24,26-27,42H,4,15-18H2,1-3H3,(H2,36,41)(H,37,43)(H,38,44)(H,39,45)(H,40,46)/t22?,23-,24-,26-,27?/m0/s1. The first kappa shape index (κ1) is 39.1. The molecule has 47 heavy (non-hydrogen) atoms. The first-order chi connectivity index (χ1) is 22.1. The number of aliphatic hydroxyl groups excluding tert-OH is 1. The lowest BCUT2D eigenvalue weighted by Gasteiger charge is -2.29. The van der Waals surface area contributed by atoms with Gasteiger partial charge in [-0.2, -0.15) is 13.2 Å². The quantitative estimate of drug-likeness (QED) is 0.149. The molecule has 7 N–H and O–H groups in total. The molecule has 2 aromatic carbocycles. The van der Waals surface area contributed by atoms with Crippen LogP contribution in [0.2, 0.25) is 0 Å². The van der Waals surface area contributed by atoms with Gasteiger partial charge in [0.25, 0.3) is 5.24 Å². The van der Waals surface area contributed by atoms with Crippen LogP contribution in [0.3, 0.4) is 0 Å². The number of amides is 5. The van der Waals surface area contributed by atoms with Gasteiger partial charge in [0.15, 0.2) is 6.10 Å². The largest absolute Gasteiger partial charge is 0.416 e. The summed E-state index contributed by atoms with van der Waals surface area (Å²) in [7, 11) is 0. The molecule has 5 atom stereocenters. The average molecular weight is 682 g/mol. The lowest BCUT2D eigenvalue weighted by molar-refractivity contribution is -0.212. The van der Waals surface area contributed by atoms with Gasteiger partial charge in [0.1, 0.15) is 18.1 Å². The molecule has 15 heteroatoms. The topological polar surface area (TPSA) is 180 Å². The number of benzene rings is 2. The predicted molar refractivity (Wildman–Crippen MR) is 172 cm³/mol. The zero-order valence-electron chi connectivity index (χ0n) is 26.4. The van der Waals surface area contributed by atoms with Crippen molar-refractivity contribution in [3.05, 3.63) is 71.8 Å². The Morgan fingerprint density at radius 3 is 1.68 bits per heavy atom. The van der Waals surface area contributed by atoms with E-state index in [1.54, 1.807) is 81.4 Å². The van der Waals surface area contributed by atoms with Gasteiger partial charge in [-0.3, -0.25) is 24.0 Å². The van der Waals surface area contributed by atoms with E-state index >= 15 is 0 Å². The average Bonchev–Trinajstić information content (AvgIpc) is 3.01. The van der Waals surface area contributed by atoms with Gasteiger partial charge < -0.3 is 32.1 Å². The van der Waals surface area contributed by atoms with Crippen LogP contribution >= 0.6 is 11.8 Å². The number of halogens is 3. The van der Waals surface area contributed by atoms with Crippen molar-refractivity contribution in [3.63, 3.8) is 0 Å². The molecule has 2 unspecified atom stereocenters. The number of primary amides is 1. The van der Waals surface area contributed by atoms with Gasteiger partial charge in [0.05, 0.1) is 6.04 Å². The number of aliphatic hydroxyl groups is 1. The van der Waals surface area contributed by atoms with E-state index < -0.39 is 78.2 Å². The van der Waals surface area contributed by atoms with Crippen LogP contribution in [0.15, 0.2) is 60.7 Å². The van der Waals surface area contributed by atoms with Crippen LogP contribution in [-0.2, 0) is 32.0 Å². The van der Waals surface area contributed by atoms with Crippen molar-refractivity contribution in [2.24, 2.45) is 11.7 Å². The van der Waals surface area contributed by atoms with Crippen LogP contribution in [0.1, 0.15) is 44.7 Å². The van der Waals surface area contributed by atoms with E-state index in [1.807, 2.05) is 0 Å².